The van der Waals surface area contributed by atoms with Crippen LogP contribution in [0.2, 0.25) is 0 Å². The lowest BCUT2D eigenvalue weighted by atomic mass is 10.1. The maximum Gasteiger partial charge on any atom is 0.300 e. The average molecular weight is 427 g/mol. The number of carbonyl (C=O) groups excluding carboxylic acids is 1. The van der Waals surface area contributed by atoms with Gasteiger partial charge in [-0.15, -0.1) is 0 Å². The molecule has 0 spiro atoms. The number of hydrogen-bond donors (Lipinski definition) is 1. The quantitative estimate of drug-likeness (QED) is 0.478. The fourth-order valence-electron chi connectivity index (χ4n) is 3.08. The summed E-state index contributed by atoms with van der Waals surface area (Å²) in [4.78, 5) is 12.5. The van der Waals surface area contributed by atoms with Gasteiger partial charge in [-0.3, -0.25) is 4.79 Å². The van der Waals surface area contributed by atoms with Crippen molar-refractivity contribution in [3.8, 4) is 11.1 Å². The van der Waals surface area contributed by atoms with Crippen LogP contribution in [0.25, 0.3) is 22.1 Å². The summed E-state index contributed by atoms with van der Waals surface area (Å²) in [6.07, 6.45) is -2.69. The Labute approximate surface area is 171 Å². The maximum atomic E-state index is 12.9. The zero-order chi connectivity index (χ0) is 21.3. The highest BCUT2D eigenvalue weighted by Gasteiger charge is 2.24. The topological polar surface area (TPSA) is 76.4 Å². The lowest BCUT2D eigenvalue weighted by Gasteiger charge is -2.11. The van der Waals surface area contributed by atoms with Crippen LogP contribution < -0.4 is 4.72 Å². The van der Waals surface area contributed by atoms with Crippen LogP contribution in [-0.4, -0.2) is 14.3 Å². The molecule has 4 aromatic rings. The van der Waals surface area contributed by atoms with Gasteiger partial charge in [-0.05, 0) is 23.8 Å². The summed E-state index contributed by atoms with van der Waals surface area (Å²) >= 11 is 0. The minimum absolute atomic E-state index is 0.0688. The highest BCUT2D eigenvalue weighted by atomic mass is 32.2. The second-order valence-electron chi connectivity index (χ2n) is 6.51. The molecule has 0 aliphatic carbocycles. The van der Waals surface area contributed by atoms with E-state index >= 15 is 0 Å². The third-order valence-corrected chi connectivity index (χ3v) is 5.90. The van der Waals surface area contributed by atoms with E-state index in [1.54, 1.807) is 42.5 Å². The zero-order valence-corrected chi connectivity index (χ0v) is 16.2. The molecule has 0 saturated carbocycles. The Morgan fingerprint density at radius 3 is 2.33 bits per heavy atom. The molecule has 0 aliphatic rings. The summed E-state index contributed by atoms with van der Waals surface area (Å²) in [5, 5.41) is 0.409. The maximum absolute atomic E-state index is 12.9. The summed E-state index contributed by atoms with van der Waals surface area (Å²) in [5.41, 5.74) is 0.923. The molecule has 5 nitrogen and oxygen atoms in total. The molecule has 1 amide bonds. The first-order valence-electron chi connectivity index (χ1n) is 8.88. The molecule has 3 aromatic carbocycles. The summed E-state index contributed by atoms with van der Waals surface area (Å²) in [6, 6.07) is 20.2. The Morgan fingerprint density at radius 2 is 1.60 bits per heavy atom. The molecule has 0 saturated heterocycles. The molecule has 0 fully saturated rings. The summed E-state index contributed by atoms with van der Waals surface area (Å²) in [5.74, 6) is -1.29. The van der Waals surface area contributed by atoms with Crippen molar-refractivity contribution >= 4 is 26.9 Å². The second kappa shape index (κ2) is 7.72. The Kier molecular flexibility index (Phi) is 5.09. The van der Waals surface area contributed by atoms with Crippen LogP contribution in [0.1, 0.15) is 22.5 Å². The van der Waals surface area contributed by atoms with Gasteiger partial charge in [0, 0.05) is 16.5 Å². The second-order valence-corrected chi connectivity index (χ2v) is 8.16. The number of rotatable bonds is 5. The van der Waals surface area contributed by atoms with Gasteiger partial charge in [0.25, 0.3) is 16.4 Å². The molecule has 0 aliphatic heterocycles. The summed E-state index contributed by atoms with van der Waals surface area (Å²) < 4.78 is 58.8. The molecule has 8 heteroatoms. The van der Waals surface area contributed by atoms with Crippen LogP contribution in [0, 0.1) is 0 Å². The first-order valence-corrected chi connectivity index (χ1v) is 10.4. The van der Waals surface area contributed by atoms with Crippen LogP contribution >= 0.6 is 0 Å². The number of halogens is 2. The number of furan rings is 1. The van der Waals surface area contributed by atoms with Crippen molar-refractivity contribution in [2.24, 2.45) is 0 Å². The van der Waals surface area contributed by atoms with Crippen molar-refractivity contribution in [3.05, 3.63) is 90.2 Å². The standard InChI is InChI=1S/C22H15F2NO4S/c23-21(24)16-11-10-15-12-19(29-18(15)13-16)22(26)25-30(27,28)20-9-5-4-8-17(20)14-6-2-1-3-7-14/h1-13,21H,(H,25,26). The molecular weight excluding hydrogens is 412 g/mol. The SMILES string of the molecule is O=C(NS(=O)(=O)c1ccccc1-c1ccccc1)c1cc2ccc(C(F)F)cc2o1. The van der Waals surface area contributed by atoms with Crippen molar-refractivity contribution in [2.75, 3.05) is 0 Å². The number of fused-ring (bicyclic) bond motifs is 1. The van der Waals surface area contributed by atoms with E-state index in [9.17, 15) is 22.0 Å². The smallest absolute Gasteiger partial charge is 0.300 e. The Bertz CT molecular complexity index is 1330. The lowest BCUT2D eigenvalue weighted by Crippen LogP contribution is -2.30. The van der Waals surface area contributed by atoms with Crippen molar-refractivity contribution < 1.29 is 26.4 Å². The summed E-state index contributed by atoms with van der Waals surface area (Å²) in [6.45, 7) is 0. The first-order chi connectivity index (χ1) is 14.3. The molecular formula is C22H15F2NO4S. The molecule has 1 N–H and O–H groups in total. The van der Waals surface area contributed by atoms with Gasteiger partial charge < -0.3 is 4.42 Å². The molecule has 0 bridgehead atoms. The van der Waals surface area contributed by atoms with E-state index in [-0.39, 0.29) is 21.8 Å². The number of hydrogen-bond acceptors (Lipinski definition) is 4. The van der Waals surface area contributed by atoms with E-state index < -0.39 is 22.4 Å². The van der Waals surface area contributed by atoms with Crippen LogP contribution in [-0.2, 0) is 10.0 Å². The highest BCUT2D eigenvalue weighted by Crippen LogP contribution is 2.28. The normalized spacial score (nSPS) is 11.7. The number of alkyl halides is 2. The van der Waals surface area contributed by atoms with Crippen LogP contribution in [0.3, 0.4) is 0 Å². The van der Waals surface area contributed by atoms with Gasteiger partial charge in [-0.25, -0.2) is 21.9 Å². The van der Waals surface area contributed by atoms with E-state index in [1.807, 2.05) is 10.8 Å². The van der Waals surface area contributed by atoms with E-state index in [0.717, 1.165) is 6.07 Å². The predicted molar refractivity (Wildman–Crippen MR) is 108 cm³/mol. The van der Waals surface area contributed by atoms with Gasteiger partial charge >= 0.3 is 5.91 Å². The fourth-order valence-corrected chi connectivity index (χ4v) is 4.27. The van der Waals surface area contributed by atoms with Gasteiger partial charge in [-0.2, -0.15) is 0 Å². The summed E-state index contributed by atoms with van der Waals surface area (Å²) in [7, 11) is -4.23. The first kappa shape index (κ1) is 19.8. The van der Waals surface area contributed by atoms with E-state index in [2.05, 4.69) is 0 Å². The number of amides is 1. The molecule has 30 heavy (non-hydrogen) atoms. The van der Waals surface area contributed by atoms with Crippen molar-refractivity contribution in [1.29, 1.82) is 0 Å². The van der Waals surface area contributed by atoms with E-state index in [4.69, 9.17) is 4.42 Å². The molecule has 152 valence electrons. The third kappa shape index (κ3) is 3.81. The van der Waals surface area contributed by atoms with E-state index in [1.165, 1.54) is 24.3 Å². The molecule has 0 atom stereocenters. The van der Waals surface area contributed by atoms with Crippen LogP contribution in [0.4, 0.5) is 8.78 Å². The van der Waals surface area contributed by atoms with Crippen molar-refractivity contribution in [2.45, 2.75) is 11.3 Å². The number of benzene rings is 3. The minimum Gasteiger partial charge on any atom is -0.451 e. The molecule has 0 radical (unpaired) electrons. The number of sulfonamides is 1. The van der Waals surface area contributed by atoms with Crippen molar-refractivity contribution in [1.82, 2.24) is 4.72 Å². The third-order valence-electron chi connectivity index (χ3n) is 4.51. The highest BCUT2D eigenvalue weighted by molar-refractivity contribution is 7.90. The largest absolute Gasteiger partial charge is 0.451 e. The van der Waals surface area contributed by atoms with Gasteiger partial charge in [0.05, 0.1) is 4.90 Å². The number of carbonyl (C=O) groups is 1. The molecule has 1 aromatic heterocycles. The van der Waals surface area contributed by atoms with Crippen LogP contribution in [0.5, 0.6) is 0 Å². The molecule has 0 unspecified atom stereocenters. The van der Waals surface area contributed by atoms with Gasteiger partial charge in [-0.1, -0.05) is 60.7 Å². The van der Waals surface area contributed by atoms with E-state index in [0.29, 0.717) is 16.5 Å². The Balaban J connectivity index is 1.66. The monoisotopic (exact) mass is 427 g/mol. The number of nitrogens with one attached hydrogen (secondary N) is 1. The Hall–Kier alpha value is -3.52. The minimum atomic E-state index is -4.23. The van der Waals surface area contributed by atoms with Gasteiger partial charge in [0.15, 0.2) is 5.76 Å². The predicted octanol–water partition coefficient (Wildman–Crippen LogP) is 5.16. The lowest BCUT2D eigenvalue weighted by molar-refractivity contribution is 0.0956. The van der Waals surface area contributed by atoms with Gasteiger partial charge in [0.1, 0.15) is 5.58 Å². The average Bonchev–Trinajstić information content (AvgIpc) is 3.18. The fraction of sp³-hybridized carbons (Fsp3) is 0.0455. The zero-order valence-electron chi connectivity index (χ0n) is 15.4. The molecule has 4 rings (SSSR count). The van der Waals surface area contributed by atoms with Crippen LogP contribution in [0.15, 0.2) is 88.2 Å². The van der Waals surface area contributed by atoms with Crippen molar-refractivity contribution in [3.63, 3.8) is 0 Å². The molecule has 1 heterocycles. The van der Waals surface area contributed by atoms with Gasteiger partial charge in [0.2, 0.25) is 0 Å². The Morgan fingerprint density at radius 1 is 0.900 bits per heavy atom.